The summed E-state index contributed by atoms with van der Waals surface area (Å²) in [7, 11) is 0. The molecule has 1 amide bonds. The summed E-state index contributed by atoms with van der Waals surface area (Å²) in [6.45, 7) is 6.30. The van der Waals surface area contributed by atoms with Crippen LogP contribution in [0.15, 0.2) is 18.2 Å². The number of aromatic hydroxyl groups is 1. The third kappa shape index (κ3) is 5.71. The molecule has 8 heteroatoms. The molecule has 1 aromatic carbocycles. The lowest BCUT2D eigenvalue weighted by atomic mass is 9.99. The minimum atomic E-state index is -4.62. The van der Waals surface area contributed by atoms with Crippen molar-refractivity contribution in [1.29, 1.82) is 0 Å². The van der Waals surface area contributed by atoms with Gasteiger partial charge in [-0.25, -0.2) is 4.79 Å². The van der Waals surface area contributed by atoms with Gasteiger partial charge < -0.3 is 19.5 Å². The fraction of sp³-hybridized carbons (Fsp3) is 0.611. The third-order valence-corrected chi connectivity index (χ3v) is 3.91. The first-order chi connectivity index (χ1) is 12.0. The van der Waals surface area contributed by atoms with Crippen molar-refractivity contribution in [3.63, 3.8) is 0 Å². The van der Waals surface area contributed by atoms with Gasteiger partial charge in [0.15, 0.2) is 0 Å². The normalized spacial score (nSPS) is 18.5. The second kappa shape index (κ2) is 7.63. The highest BCUT2D eigenvalue weighted by Gasteiger charge is 2.35. The number of alkyl halides is 3. The molecule has 1 N–H and O–H groups in total. The number of hydrogen-bond acceptors (Lipinski definition) is 4. The Balaban J connectivity index is 1.99. The van der Waals surface area contributed by atoms with Gasteiger partial charge >= 0.3 is 12.3 Å². The summed E-state index contributed by atoms with van der Waals surface area (Å²) < 4.78 is 49.9. The van der Waals surface area contributed by atoms with Crippen LogP contribution in [0.2, 0.25) is 0 Å². The van der Waals surface area contributed by atoms with Gasteiger partial charge in [0.2, 0.25) is 0 Å². The van der Waals surface area contributed by atoms with Gasteiger partial charge in [-0.2, -0.15) is 13.2 Å². The molecule has 0 spiro atoms. The zero-order valence-corrected chi connectivity index (χ0v) is 15.1. The van der Waals surface area contributed by atoms with Crippen molar-refractivity contribution < 1.29 is 32.5 Å². The van der Waals surface area contributed by atoms with Crippen LogP contribution in [0.25, 0.3) is 0 Å². The number of likely N-dealkylation sites (tertiary alicyclic amines) is 1. The van der Waals surface area contributed by atoms with E-state index in [-0.39, 0.29) is 18.3 Å². The van der Waals surface area contributed by atoms with Crippen LogP contribution in [-0.2, 0) is 10.9 Å². The smallest absolute Gasteiger partial charge is 0.420 e. The maximum atomic E-state index is 13.1. The average molecular weight is 375 g/mol. The zero-order valence-electron chi connectivity index (χ0n) is 15.1. The summed E-state index contributed by atoms with van der Waals surface area (Å²) in [5.41, 5.74) is -1.62. The highest BCUT2D eigenvalue weighted by molar-refractivity contribution is 5.68. The molecule has 2 rings (SSSR count). The Morgan fingerprint density at radius 1 is 1.31 bits per heavy atom. The molecule has 26 heavy (non-hydrogen) atoms. The molecule has 1 aromatic rings. The number of phenolic OH excluding ortho intramolecular Hbond substituents is 1. The van der Waals surface area contributed by atoms with Crippen LogP contribution in [0.5, 0.6) is 11.5 Å². The molecule has 0 bridgehead atoms. The highest BCUT2D eigenvalue weighted by Crippen LogP contribution is 2.38. The summed E-state index contributed by atoms with van der Waals surface area (Å²) in [6, 6.07) is 2.90. The Bertz CT molecular complexity index is 640. The van der Waals surface area contributed by atoms with Crippen LogP contribution >= 0.6 is 0 Å². The van der Waals surface area contributed by atoms with E-state index in [9.17, 15) is 23.1 Å². The summed E-state index contributed by atoms with van der Waals surface area (Å²) in [5.74, 6) is -0.894. The minimum absolute atomic E-state index is 0.0488. The monoisotopic (exact) mass is 375 g/mol. The Morgan fingerprint density at radius 2 is 2.00 bits per heavy atom. The van der Waals surface area contributed by atoms with Gasteiger partial charge in [0.1, 0.15) is 22.7 Å². The van der Waals surface area contributed by atoms with E-state index < -0.39 is 29.2 Å². The molecule has 0 aromatic heterocycles. The number of nitrogens with zero attached hydrogens (tertiary/aromatic N) is 1. The third-order valence-electron chi connectivity index (χ3n) is 3.91. The molecular formula is C18H24F3NO4. The number of halogens is 3. The number of phenols is 1. The van der Waals surface area contributed by atoms with Gasteiger partial charge in [-0.3, -0.25) is 0 Å². The SMILES string of the molecule is CC(C)(C)OC(=O)N1CCCC(COc2ccc(O)cc2C(F)(F)F)C1. The molecule has 5 nitrogen and oxygen atoms in total. The van der Waals surface area contributed by atoms with Crippen molar-refractivity contribution >= 4 is 6.09 Å². The fourth-order valence-corrected chi connectivity index (χ4v) is 2.77. The number of hydrogen-bond donors (Lipinski definition) is 1. The lowest BCUT2D eigenvalue weighted by molar-refractivity contribution is -0.139. The van der Waals surface area contributed by atoms with Crippen molar-refractivity contribution in [2.75, 3.05) is 19.7 Å². The van der Waals surface area contributed by atoms with E-state index in [1.807, 2.05) is 0 Å². The van der Waals surface area contributed by atoms with Gasteiger partial charge in [0.25, 0.3) is 0 Å². The molecule has 0 saturated carbocycles. The molecule has 1 unspecified atom stereocenters. The number of amides is 1. The van der Waals surface area contributed by atoms with E-state index in [2.05, 4.69) is 0 Å². The summed E-state index contributed by atoms with van der Waals surface area (Å²) in [6.07, 6.45) is -3.57. The van der Waals surface area contributed by atoms with Gasteiger partial charge in [-0.05, 0) is 51.8 Å². The molecular weight excluding hydrogens is 351 g/mol. The number of carbonyl (C=O) groups excluding carboxylic acids is 1. The minimum Gasteiger partial charge on any atom is -0.508 e. The molecule has 0 aliphatic carbocycles. The lowest BCUT2D eigenvalue weighted by Crippen LogP contribution is -2.44. The van der Waals surface area contributed by atoms with Gasteiger partial charge in [0.05, 0.1) is 6.61 Å². The number of piperidine rings is 1. The van der Waals surface area contributed by atoms with E-state index in [4.69, 9.17) is 9.47 Å². The predicted molar refractivity (Wildman–Crippen MR) is 89.1 cm³/mol. The summed E-state index contributed by atoms with van der Waals surface area (Å²) >= 11 is 0. The van der Waals surface area contributed by atoms with Gasteiger partial charge in [0, 0.05) is 19.0 Å². The average Bonchev–Trinajstić information content (AvgIpc) is 2.51. The topological polar surface area (TPSA) is 59.0 Å². The molecule has 1 fully saturated rings. The first-order valence-electron chi connectivity index (χ1n) is 8.46. The van der Waals surface area contributed by atoms with Crippen molar-refractivity contribution in [3.8, 4) is 11.5 Å². The second-order valence-corrected chi connectivity index (χ2v) is 7.42. The standard InChI is InChI=1S/C18H24F3NO4/c1-17(2,3)26-16(24)22-8-4-5-12(10-22)11-25-15-7-6-13(23)9-14(15)18(19,20)21/h6-7,9,12,23H,4-5,8,10-11H2,1-3H3. The van der Waals surface area contributed by atoms with Crippen molar-refractivity contribution in [2.24, 2.45) is 5.92 Å². The van der Waals surface area contributed by atoms with Crippen LogP contribution in [-0.4, -0.2) is 41.4 Å². The molecule has 1 atom stereocenters. The number of rotatable bonds is 3. The van der Waals surface area contributed by atoms with Crippen molar-refractivity contribution in [1.82, 2.24) is 4.90 Å². The zero-order chi connectivity index (χ0) is 19.5. The van der Waals surface area contributed by atoms with Crippen LogP contribution in [0.4, 0.5) is 18.0 Å². The second-order valence-electron chi connectivity index (χ2n) is 7.42. The van der Waals surface area contributed by atoms with Crippen molar-refractivity contribution in [2.45, 2.75) is 45.4 Å². The molecule has 0 radical (unpaired) electrons. The van der Waals surface area contributed by atoms with E-state index in [1.54, 1.807) is 25.7 Å². The van der Waals surface area contributed by atoms with Crippen molar-refractivity contribution in [3.05, 3.63) is 23.8 Å². The molecule has 146 valence electrons. The Hall–Kier alpha value is -2.12. The maximum absolute atomic E-state index is 13.1. The molecule has 1 heterocycles. The molecule has 1 saturated heterocycles. The van der Waals surface area contributed by atoms with E-state index in [0.29, 0.717) is 19.2 Å². The first-order valence-corrected chi connectivity index (χ1v) is 8.46. The van der Waals surface area contributed by atoms with Crippen LogP contribution in [0.1, 0.15) is 39.2 Å². The fourth-order valence-electron chi connectivity index (χ4n) is 2.77. The van der Waals surface area contributed by atoms with Gasteiger partial charge in [-0.15, -0.1) is 0 Å². The number of benzene rings is 1. The quantitative estimate of drug-likeness (QED) is 0.849. The largest absolute Gasteiger partial charge is 0.508 e. The Kier molecular flexibility index (Phi) is 5.93. The van der Waals surface area contributed by atoms with Gasteiger partial charge in [-0.1, -0.05) is 0 Å². The van der Waals surface area contributed by atoms with Crippen LogP contribution in [0.3, 0.4) is 0 Å². The number of ether oxygens (including phenoxy) is 2. The lowest BCUT2D eigenvalue weighted by Gasteiger charge is -2.34. The molecule has 1 aliphatic heterocycles. The summed E-state index contributed by atoms with van der Waals surface area (Å²) in [4.78, 5) is 13.7. The Labute approximate surface area is 150 Å². The maximum Gasteiger partial charge on any atom is 0.420 e. The summed E-state index contributed by atoms with van der Waals surface area (Å²) in [5, 5.41) is 9.29. The van der Waals surface area contributed by atoms with E-state index in [1.165, 1.54) is 0 Å². The van der Waals surface area contributed by atoms with E-state index >= 15 is 0 Å². The van der Waals surface area contributed by atoms with E-state index in [0.717, 1.165) is 25.0 Å². The first kappa shape index (κ1) is 20.2. The molecule has 1 aliphatic rings. The van der Waals surface area contributed by atoms with Crippen LogP contribution < -0.4 is 4.74 Å². The Morgan fingerprint density at radius 3 is 2.62 bits per heavy atom. The number of carbonyl (C=O) groups is 1. The highest BCUT2D eigenvalue weighted by atomic mass is 19.4. The van der Waals surface area contributed by atoms with Crippen LogP contribution in [0, 0.1) is 5.92 Å². The predicted octanol–water partition coefficient (Wildman–Crippen LogP) is 4.44.